The Hall–Kier alpha value is -2.49. The van der Waals surface area contributed by atoms with E-state index in [1.165, 1.54) is 17.8 Å². The predicted octanol–water partition coefficient (Wildman–Crippen LogP) is 2.75. The molecule has 2 amide bonds. The van der Waals surface area contributed by atoms with Crippen LogP contribution in [0, 0.1) is 17.6 Å². The molecule has 0 unspecified atom stereocenters. The zero-order valence-corrected chi connectivity index (χ0v) is 16.7. The number of hydrogen-bond donors (Lipinski definition) is 2. The standard InChI is InChI=1S/C18H23F2N5O2S/c1-10(2)9-25-16(7-6-15(21)26)23-24-18(25)28-11(3)17(27)22-12-4-5-13(19)14(20)8-12/h4-5,8,10-11H,6-7,9H2,1-3H3,(H2,21,26)(H,22,27)/t11-/m0/s1. The van der Waals surface area contributed by atoms with E-state index >= 15 is 0 Å². The molecule has 0 radical (unpaired) electrons. The van der Waals surface area contributed by atoms with E-state index in [2.05, 4.69) is 15.5 Å². The summed E-state index contributed by atoms with van der Waals surface area (Å²) in [7, 11) is 0. The summed E-state index contributed by atoms with van der Waals surface area (Å²) in [4.78, 5) is 23.5. The van der Waals surface area contributed by atoms with Crippen LogP contribution in [0.15, 0.2) is 23.4 Å². The van der Waals surface area contributed by atoms with Crippen LogP contribution in [-0.2, 0) is 22.6 Å². The monoisotopic (exact) mass is 411 g/mol. The second-order valence-corrected chi connectivity index (χ2v) is 8.06. The Kier molecular flexibility index (Phi) is 7.50. The van der Waals surface area contributed by atoms with Crippen molar-refractivity contribution in [3.05, 3.63) is 35.7 Å². The Morgan fingerprint density at radius 2 is 1.93 bits per heavy atom. The van der Waals surface area contributed by atoms with Crippen molar-refractivity contribution >= 4 is 29.3 Å². The van der Waals surface area contributed by atoms with Gasteiger partial charge < -0.3 is 15.6 Å². The third kappa shape index (κ3) is 6.01. The van der Waals surface area contributed by atoms with Gasteiger partial charge in [0.05, 0.1) is 5.25 Å². The van der Waals surface area contributed by atoms with Gasteiger partial charge in [-0.3, -0.25) is 9.59 Å². The lowest BCUT2D eigenvalue weighted by Gasteiger charge is -2.15. The smallest absolute Gasteiger partial charge is 0.237 e. The van der Waals surface area contributed by atoms with Gasteiger partial charge in [0, 0.05) is 31.1 Å². The van der Waals surface area contributed by atoms with Crippen LogP contribution in [0.5, 0.6) is 0 Å². The minimum atomic E-state index is -1.03. The molecule has 0 spiro atoms. The number of nitrogens with one attached hydrogen (secondary N) is 1. The summed E-state index contributed by atoms with van der Waals surface area (Å²) in [5.41, 5.74) is 5.38. The highest BCUT2D eigenvalue weighted by Gasteiger charge is 2.21. The van der Waals surface area contributed by atoms with Crippen molar-refractivity contribution in [3.8, 4) is 0 Å². The number of rotatable bonds is 9. The molecule has 1 heterocycles. The van der Waals surface area contributed by atoms with Gasteiger partial charge in [-0.2, -0.15) is 0 Å². The summed E-state index contributed by atoms with van der Waals surface area (Å²) in [6.45, 7) is 6.37. The van der Waals surface area contributed by atoms with Crippen LogP contribution in [0.2, 0.25) is 0 Å². The van der Waals surface area contributed by atoms with Gasteiger partial charge in [0.15, 0.2) is 16.8 Å². The summed E-state index contributed by atoms with van der Waals surface area (Å²) in [5.74, 6) is -1.89. The van der Waals surface area contributed by atoms with Gasteiger partial charge >= 0.3 is 0 Å². The molecule has 0 saturated heterocycles. The first-order chi connectivity index (χ1) is 13.2. The molecule has 0 bridgehead atoms. The van der Waals surface area contributed by atoms with Gasteiger partial charge in [0.2, 0.25) is 11.8 Å². The Morgan fingerprint density at radius 3 is 2.54 bits per heavy atom. The SMILES string of the molecule is CC(C)Cn1c(CCC(N)=O)nnc1S[C@@H](C)C(=O)Nc1ccc(F)c(F)c1. The molecule has 3 N–H and O–H groups in total. The maximum Gasteiger partial charge on any atom is 0.237 e. The topological polar surface area (TPSA) is 103 Å². The van der Waals surface area contributed by atoms with E-state index in [1.807, 2.05) is 18.4 Å². The minimum absolute atomic E-state index is 0.160. The highest BCUT2D eigenvalue weighted by Crippen LogP contribution is 2.25. The van der Waals surface area contributed by atoms with E-state index < -0.39 is 22.8 Å². The molecule has 1 aromatic carbocycles. The summed E-state index contributed by atoms with van der Waals surface area (Å²) in [6, 6.07) is 3.16. The zero-order chi connectivity index (χ0) is 20.8. The second-order valence-electron chi connectivity index (χ2n) is 6.75. The van der Waals surface area contributed by atoms with Crippen molar-refractivity contribution < 1.29 is 18.4 Å². The van der Waals surface area contributed by atoms with Gasteiger partial charge in [-0.1, -0.05) is 25.6 Å². The van der Waals surface area contributed by atoms with E-state index in [0.29, 0.717) is 29.9 Å². The summed E-state index contributed by atoms with van der Waals surface area (Å²) in [6.07, 6.45) is 0.526. The van der Waals surface area contributed by atoms with Crippen LogP contribution >= 0.6 is 11.8 Å². The fraction of sp³-hybridized carbons (Fsp3) is 0.444. The largest absolute Gasteiger partial charge is 0.370 e. The van der Waals surface area contributed by atoms with Crippen molar-refractivity contribution in [3.63, 3.8) is 0 Å². The molecule has 7 nitrogen and oxygen atoms in total. The van der Waals surface area contributed by atoms with E-state index in [4.69, 9.17) is 5.73 Å². The van der Waals surface area contributed by atoms with E-state index in [0.717, 1.165) is 12.1 Å². The van der Waals surface area contributed by atoms with Gasteiger partial charge in [-0.15, -0.1) is 10.2 Å². The first-order valence-corrected chi connectivity index (χ1v) is 9.68. The molecule has 0 aliphatic rings. The fourth-order valence-electron chi connectivity index (χ4n) is 2.40. The number of amides is 2. The van der Waals surface area contributed by atoms with Crippen molar-refractivity contribution in [2.24, 2.45) is 11.7 Å². The van der Waals surface area contributed by atoms with Crippen LogP contribution in [-0.4, -0.2) is 31.8 Å². The third-order valence-electron chi connectivity index (χ3n) is 3.77. The number of carbonyl (C=O) groups is 2. The van der Waals surface area contributed by atoms with Crippen molar-refractivity contribution in [2.45, 2.75) is 50.6 Å². The molecule has 152 valence electrons. The third-order valence-corrected chi connectivity index (χ3v) is 4.86. The first kappa shape index (κ1) is 21.8. The molecule has 0 saturated carbocycles. The van der Waals surface area contributed by atoms with Gasteiger partial charge in [0.25, 0.3) is 0 Å². The van der Waals surface area contributed by atoms with Crippen molar-refractivity contribution in [2.75, 3.05) is 5.32 Å². The molecule has 1 atom stereocenters. The Morgan fingerprint density at radius 1 is 1.21 bits per heavy atom. The number of benzene rings is 1. The molecule has 28 heavy (non-hydrogen) atoms. The first-order valence-electron chi connectivity index (χ1n) is 8.80. The van der Waals surface area contributed by atoms with Crippen LogP contribution < -0.4 is 11.1 Å². The lowest BCUT2D eigenvalue weighted by atomic mass is 10.2. The molecule has 1 aromatic heterocycles. The molecule has 0 fully saturated rings. The number of halogens is 2. The summed E-state index contributed by atoms with van der Waals surface area (Å²) in [5, 5.41) is 10.8. The number of primary amides is 1. The highest BCUT2D eigenvalue weighted by molar-refractivity contribution is 8.00. The minimum Gasteiger partial charge on any atom is -0.370 e. The van der Waals surface area contributed by atoms with Crippen molar-refractivity contribution in [1.29, 1.82) is 0 Å². The number of nitrogens with zero attached hydrogens (tertiary/aromatic N) is 3. The number of carbonyl (C=O) groups excluding carboxylic acids is 2. The van der Waals surface area contributed by atoms with Crippen LogP contribution in [0.3, 0.4) is 0 Å². The average molecular weight is 411 g/mol. The zero-order valence-electron chi connectivity index (χ0n) is 15.9. The molecule has 0 aliphatic carbocycles. The van der Waals surface area contributed by atoms with Gasteiger partial charge in [-0.25, -0.2) is 8.78 Å². The molecule has 10 heteroatoms. The molecular formula is C18H23F2N5O2S. The van der Waals surface area contributed by atoms with Crippen LogP contribution in [0.25, 0.3) is 0 Å². The number of hydrogen-bond acceptors (Lipinski definition) is 5. The maximum atomic E-state index is 13.3. The van der Waals surface area contributed by atoms with Crippen LogP contribution in [0.4, 0.5) is 14.5 Å². The lowest BCUT2D eigenvalue weighted by molar-refractivity contribution is -0.118. The van der Waals surface area contributed by atoms with Crippen LogP contribution in [0.1, 0.15) is 33.0 Å². The Labute approximate surface area is 166 Å². The van der Waals surface area contributed by atoms with E-state index in [9.17, 15) is 18.4 Å². The number of thioether (sulfide) groups is 1. The highest BCUT2D eigenvalue weighted by atomic mass is 32.2. The second kappa shape index (κ2) is 9.63. The summed E-state index contributed by atoms with van der Waals surface area (Å²) < 4.78 is 28.2. The molecule has 0 aliphatic heterocycles. The quantitative estimate of drug-likeness (QED) is 0.618. The van der Waals surface area contributed by atoms with Gasteiger partial charge in [-0.05, 0) is 25.0 Å². The van der Waals surface area contributed by atoms with Gasteiger partial charge in [0.1, 0.15) is 5.82 Å². The summed E-state index contributed by atoms with van der Waals surface area (Å²) >= 11 is 1.20. The molecular weight excluding hydrogens is 388 g/mol. The average Bonchev–Trinajstić information content (AvgIpc) is 2.97. The van der Waals surface area contributed by atoms with E-state index in [1.54, 1.807) is 6.92 Å². The fourth-order valence-corrected chi connectivity index (χ4v) is 3.28. The predicted molar refractivity (Wildman–Crippen MR) is 103 cm³/mol. The lowest BCUT2D eigenvalue weighted by Crippen LogP contribution is -2.23. The maximum absolute atomic E-state index is 13.3. The number of aromatic nitrogens is 3. The Balaban J connectivity index is 2.10. The molecule has 2 rings (SSSR count). The van der Waals surface area contributed by atoms with E-state index in [-0.39, 0.29) is 18.0 Å². The number of nitrogens with two attached hydrogens (primary N) is 1. The number of anilines is 1. The van der Waals surface area contributed by atoms with Crippen molar-refractivity contribution in [1.82, 2.24) is 14.8 Å². The number of aryl methyl sites for hydroxylation is 1. The molecule has 2 aromatic rings. The Bertz CT molecular complexity index is 856. The normalized spacial score (nSPS) is 12.2.